The number of carbonyl (C=O) groups excluding carboxylic acids is 3. The van der Waals surface area contributed by atoms with Gasteiger partial charge in [-0.15, -0.1) is 0 Å². The highest BCUT2D eigenvalue weighted by Crippen LogP contribution is 2.59. The smallest absolute Gasteiger partial charge is 0.248 e. The zero-order valence-corrected chi connectivity index (χ0v) is 25.1. The summed E-state index contributed by atoms with van der Waals surface area (Å²) in [6.07, 6.45) is 4.65. The number of likely N-dealkylation sites (tertiary alicyclic amines) is 1. The molecular weight excluding hydrogens is 604 g/mol. The van der Waals surface area contributed by atoms with Crippen LogP contribution in [0.1, 0.15) is 47.3 Å². The third-order valence-corrected chi connectivity index (χ3v) is 8.64. The molecule has 12 nitrogen and oxygen atoms in total. The van der Waals surface area contributed by atoms with E-state index in [4.69, 9.17) is 4.98 Å². The summed E-state index contributed by atoms with van der Waals surface area (Å²) >= 11 is 3.34. The highest BCUT2D eigenvalue weighted by Gasteiger charge is 2.64. The van der Waals surface area contributed by atoms with Crippen LogP contribution in [-0.2, 0) is 16.1 Å². The Morgan fingerprint density at radius 1 is 1.12 bits per heavy atom. The van der Waals surface area contributed by atoms with E-state index in [0.717, 1.165) is 12.0 Å². The average Bonchev–Trinajstić information content (AvgIpc) is 3.31. The highest BCUT2D eigenvalue weighted by molar-refractivity contribution is 9.10. The monoisotopic (exact) mass is 632 g/mol. The lowest BCUT2D eigenvalue weighted by Crippen LogP contribution is -2.47. The van der Waals surface area contributed by atoms with Crippen LogP contribution in [0.4, 0.5) is 5.82 Å². The molecule has 2 fully saturated rings. The van der Waals surface area contributed by atoms with Crippen LogP contribution in [0.2, 0.25) is 0 Å². The van der Waals surface area contributed by atoms with Crippen LogP contribution in [0, 0.1) is 26.2 Å². The van der Waals surface area contributed by atoms with Gasteiger partial charge in [-0.1, -0.05) is 13.0 Å². The SMILES string of the molecule is Cc1ncc(-c2cc3c(C(=O)CO)nn(CC(=O)N4[C@H](C(=O)Nc5nc(Br)ccc5C)C[C@@]5(C)C[C@@H]45)c3c(C)n2)cn1. The summed E-state index contributed by atoms with van der Waals surface area (Å²) in [4.78, 5) is 59.3. The maximum Gasteiger partial charge on any atom is 0.248 e. The molecule has 2 aliphatic rings. The van der Waals surface area contributed by atoms with Gasteiger partial charge in [-0.05, 0) is 72.7 Å². The lowest BCUT2D eigenvalue weighted by Gasteiger charge is -2.27. The molecule has 4 aromatic rings. The summed E-state index contributed by atoms with van der Waals surface area (Å²) in [5, 5.41) is 17.5. The minimum atomic E-state index is -0.734. The fraction of sp³-hybridized carbons (Fsp3) is 0.379. The zero-order chi connectivity index (χ0) is 29.9. The van der Waals surface area contributed by atoms with Crippen LogP contribution in [-0.4, -0.2) is 76.0 Å². The summed E-state index contributed by atoms with van der Waals surface area (Å²) in [5.41, 5.74) is 2.97. The molecule has 6 rings (SSSR count). The second-order valence-electron chi connectivity index (χ2n) is 11.3. The van der Waals surface area contributed by atoms with Crippen molar-refractivity contribution in [2.75, 3.05) is 11.9 Å². The molecule has 5 heterocycles. The number of rotatable bonds is 7. The van der Waals surface area contributed by atoms with Crippen LogP contribution in [0.25, 0.3) is 22.2 Å². The molecular formula is C29H29BrN8O4. The van der Waals surface area contributed by atoms with Crippen molar-refractivity contribution in [3.05, 3.63) is 58.0 Å². The molecule has 0 unspecified atom stereocenters. The van der Waals surface area contributed by atoms with E-state index in [-0.39, 0.29) is 35.5 Å². The number of amides is 2. The number of aromatic nitrogens is 6. The van der Waals surface area contributed by atoms with Gasteiger partial charge in [0.25, 0.3) is 0 Å². The predicted molar refractivity (Wildman–Crippen MR) is 157 cm³/mol. The van der Waals surface area contributed by atoms with E-state index in [0.29, 0.717) is 50.5 Å². The topological polar surface area (TPSA) is 156 Å². The van der Waals surface area contributed by atoms with E-state index in [1.807, 2.05) is 13.0 Å². The van der Waals surface area contributed by atoms with E-state index in [1.165, 1.54) is 4.68 Å². The lowest BCUT2D eigenvalue weighted by molar-refractivity contribution is -0.138. The van der Waals surface area contributed by atoms with Crippen LogP contribution in [0.5, 0.6) is 0 Å². The molecule has 216 valence electrons. The fourth-order valence-corrected chi connectivity index (χ4v) is 6.18. The van der Waals surface area contributed by atoms with Gasteiger partial charge >= 0.3 is 0 Å². The van der Waals surface area contributed by atoms with Gasteiger partial charge in [0.2, 0.25) is 17.6 Å². The lowest BCUT2D eigenvalue weighted by atomic mass is 10.0. The van der Waals surface area contributed by atoms with Crippen molar-refractivity contribution in [1.82, 2.24) is 34.6 Å². The Labute approximate surface area is 249 Å². The Bertz CT molecular complexity index is 1770. The molecule has 0 aromatic carbocycles. The molecule has 1 saturated heterocycles. The largest absolute Gasteiger partial charge is 0.388 e. The van der Waals surface area contributed by atoms with E-state index in [9.17, 15) is 19.5 Å². The zero-order valence-electron chi connectivity index (χ0n) is 23.6. The Balaban J connectivity index is 1.33. The number of aryl methyl sites for hydroxylation is 3. The van der Waals surface area contributed by atoms with Crippen LogP contribution in [0.3, 0.4) is 0 Å². The number of aliphatic hydroxyl groups is 1. The van der Waals surface area contributed by atoms with Crippen LogP contribution < -0.4 is 5.32 Å². The molecule has 0 radical (unpaired) electrons. The van der Waals surface area contributed by atoms with Crippen molar-refractivity contribution in [3.8, 4) is 11.3 Å². The number of Topliss-reactive ketones (excluding diaryl/α,β-unsaturated/α-hetero) is 1. The summed E-state index contributed by atoms with van der Waals surface area (Å²) < 4.78 is 2.05. The number of hydrogen-bond acceptors (Lipinski definition) is 9. The first kappa shape index (κ1) is 28.0. The highest BCUT2D eigenvalue weighted by atomic mass is 79.9. The molecule has 2 N–H and O–H groups in total. The number of anilines is 1. The van der Waals surface area contributed by atoms with Gasteiger partial charge in [0.1, 0.15) is 41.1 Å². The first-order valence-corrected chi connectivity index (χ1v) is 14.3. The van der Waals surface area contributed by atoms with Crippen molar-refractivity contribution in [1.29, 1.82) is 0 Å². The van der Waals surface area contributed by atoms with Crippen molar-refractivity contribution in [3.63, 3.8) is 0 Å². The molecule has 3 atom stereocenters. The first-order valence-electron chi connectivity index (χ1n) is 13.6. The van der Waals surface area contributed by atoms with Crippen molar-refractivity contribution in [2.45, 2.75) is 59.2 Å². The maximum atomic E-state index is 13.9. The van der Waals surface area contributed by atoms with Crippen molar-refractivity contribution < 1.29 is 19.5 Å². The number of carbonyl (C=O) groups is 3. The Morgan fingerprint density at radius 2 is 1.86 bits per heavy atom. The second kappa shape index (κ2) is 10.3. The second-order valence-corrected chi connectivity index (χ2v) is 12.1. The van der Waals surface area contributed by atoms with Gasteiger partial charge in [0, 0.05) is 29.4 Å². The van der Waals surface area contributed by atoms with Gasteiger partial charge in [0.15, 0.2) is 0 Å². The van der Waals surface area contributed by atoms with Gasteiger partial charge in [-0.2, -0.15) is 5.10 Å². The number of aliphatic hydroxyl groups excluding tert-OH is 1. The number of pyridine rings is 2. The van der Waals surface area contributed by atoms with E-state index in [1.54, 1.807) is 43.3 Å². The number of piperidine rings is 1. The predicted octanol–water partition coefficient (Wildman–Crippen LogP) is 3.16. The first-order chi connectivity index (χ1) is 20.0. The van der Waals surface area contributed by atoms with Gasteiger partial charge < -0.3 is 15.3 Å². The van der Waals surface area contributed by atoms with Gasteiger partial charge in [-0.3, -0.25) is 24.0 Å². The Kier molecular flexibility index (Phi) is 6.89. The third-order valence-electron chi connectivity index (χ3n) is 8.20. The summed E-state index contributed by atoms with van der Waals surface area (Å²) in [5.74, 6) is -0.109. The minimum Gasteiger partial charge on any atom is -0.388 e. The summed E-state index contributed by atoms with van der Waals surface area (Å²) in [7, 11) is 0. The van der Waals surface area contributed by atoms with E-state index >= 15 is 0 Å². The number of nitrogens with zero attached hydrogens (tertiary/aromatic N) is 7. The maximum absolute atomic E-state index is 13.9. The molecule has 2 amide bonds. The fourth-order valence-electron chi connectivity index (χ4n) is 5.87. The number of nitrogens with one attached hydrogen (secondary N) is 1. The quantitative estimate of drug-likeness (QED) is 0.231. The number of ketones is 1. The number of hydrogen-bond donors (Lipinski definition) is 2. The molecule has 4 aromatic heterocycles. The molecule has 42 heavy (non-hydrogen) atoms. The molecule has 1 aliphatic carbocycles. The van der Waals surface area contributed by atoms with Gasteiger partial charge in [-0.25, -0.2) is 15.0 Å². The van der Waals surface area contributed by atoms with Crippen molar-refractivity contribution in [2.24, 2.45) is 5.41 Å². The molecule has 0 spiro atoms. The Morgan fingerprint density at radius 3 is 2.57 bits per heavy atom. The average molecular weight is 634 g/mol. The normalized spacial score (nSPS) is 21.0. The molecule has 1 aliphatic heterocycles. The van der Waals surface area contributed by atoms with E-state index < -0.39 is 18.4 Å². The molecule has 13 heteroatoms. The number of fused-ring (bicyclic) bond motifs is 2. The van der Waals surface area contributed by atoms with Crippen LogP contribution >= 0.6 is 15.9 Å². The van der Waals surface area contributed by atoms with Crippen molar-refractivity contribution >= 4 is 50.2 Å². The Hall–Kier alpha value is -4.10. The van der Waals surface area contributed by atoms with Gasteiger partial charge in [0.05, 0.1) is 16.9 Å². The number of halogens is 1. The van der Waals surface area contributed by atoms with E-state index in [2.05, 4.69) is 48.2 Å². The molecule has 1 saturated carbocycles. The summed E-state index contributed by atoms with van der Waals surface area (Å²) in [6, 6.07) is 4.61. The summed E-state index contributed by atoms with van der Waals surface area (Å²) in [6.45, 7) is 6.56. The standard InChI is InChI=1S/C29H29BrN8O4/c1-14-5-6-23(30)34-27(14)35-28(42)20-8-29(4)9-22(29)38(20)24(41)12-37-26-15(2)33-19(17-10-31-16(3)32-11-17)7-18(26)25(36-37)21(40)13-39/h5-7,10-11,20,22,39H,8-9,12-13H2,1-4H3,(H,34,35,42)/t20-,22+,29-/m0/s1. The van der Waals surface area contributed by atoms with Crippen LogP contribution in [0.15, 0.2) is 35.2 Å². The minimum absolute atomic E-state index is 0.0447. The molecule has 0 bridgehead atoms. The third kappa shape index (κ3) is 4.86.